The summed E-state index contributed by atoms with van der Waals surface area (Å²) in [5.41, 5.74) is -1.77. The van der Waals surface area contributed by atoms with Crippen molar-refractivity contribution in [2.24, 2.45) is 34.5 Å². The minimum Gasteiger partial charge on any atom is -0.461 e. The van der Waals surface area contributed by atoms with Gasteiger partial charge in [-0.2, -0.15) is 0 Å². The van der Waals surface area contributed by atoms with Crippen LogP contribution in [-0.2, 0) is 42.9 Å². The largest absolute Gasteiger partial charge is 0.461 e. The second kappa shape index (κ2) is 8.60. The molecule has 38 heavy (non-hydrogen) atoms. The van der Waals surface area contributed by atoms with Crippen LogP contribution in [0.15, 0.2) is 22.8 Å². The lowest BCUT2D eigenvalue weighted by atomic mass is 9.46. The molecule has 9 nitrogen and oxygen atoms in total. The van der Waals surface area contributed by atoms with Crippen LogP contribution in [0, 0.1) is 34.5 Å². The van der Waals surface area contributed by atoms with E-state index in [4.69, 9.17) is 18.9 Å². The zero-order chi connectivity index (χ0) is 27.9. The van der Waals surface area contributed by atoms with Gasteiger partial charge >= 0.3 is 17.9 Å². The first-order valence-corrected chi connectivity index (χ1v) is 13.4. The van der Waals surface area contributed by atoms with Crippen LogP contribution in [0.25, 0.3) is 0 Å². The maximum Gasteiger partial charge on any atom is 0.314 e. The van der Waals surface area contributed by atoms with Crippen molar-refractivity contribution in [1.29, 1.82) is 0 Å². The highest BCUT2D eigenvalue weighted by Gasteiger charge is 2.73. The monoisotopic (exact) mass is 528 g/mol. The number of cyclic esters (lactones) is 1. The van der Waals surface area contributed by atoms with Crippen molar-refractivity contribution in [2.45, 2.75) is 85.7 Å². The van der Waals surface area contributed by atoms with Crippen LogP contribution in [0.1, 0.15) is 67.7 Å². The molecule has 0 aromatic rings. The third-order valence-corrected chi connectivity index (χ3v) is 9.36. The smallest absolute Gasteiger partial charge is 0.314 e. The molecule has 1 saturated carbocycles. The van der Waals surface area contributed by atoms with Gasteiger partial charge in [0.05, 0.1) is 11.8 Å². The van der Waals surface area contributed by atoms with Gasteiger partial charge in [-0.25, -0.2) is 0 Å². The zero-order valence-corrected chi connectivity index (χ0v) is 23.0. The lowest BCUT2D eigenvalue weighted by Crippen LogP contribution is -2.63. The van der Waals surface area contributed by atoms with Crippen LogP contribution in [0.5, 0.6) is 0 Å². The lowest BCUT2D eigenvalue weighted by Gasteiger charge is -2.55. The molecule has 5 rings (SSSR count). The summed E-state index contributed by atoms with van der Waals surface area (Å²) in [4.78, 5) is 66.7. The van der Waals surface area contributed by atoms with Crippen molar-refractivity contribution >= 4 is 29.5 Å². The molecule has 0 radical (unpaired) electrons. The number of rotatable bonds is 4. The van der Waals surface area contributed by atoms with Crippen molar-refractivity contribution in [2.75, 3.05) is 6.61 Å². The molecule has 3 saturated heterocycles. The van der Waals surface area contributed by atoms with Crippen LogP contribution in [0.3, 0.4) is 0 Å². The van der Waals surface area contributed by atoms with Gasteiger partial charge in [-0.15, -0.1) is 0 Å². The van der Waals surface area contributed by atoms with Gasteiger partial charge in [0.25, 0.3) is 0 Å². The molecule has 0 amide bonds. The Morgan fingerprint density at radius 1 is 1.13 bits per heavy atom. The van der Waals surface area contributed by atoms with Crippen LogP contribution in [-0.4, -0.2) is 54.1 Å². The Morgan fingerprint density at radius 2 is 1.82 bits per heavy atom. The van der Waals surface area contributed by atoms with Crippen molar-refractivity contribution < 1.29 is 42.9 Å². The summed E-state index contributed by atoms with van der Waals surface area (Å²) in [6.07, 6.45) is 0.0181. The maximum absolute atomic E-state index is 14.3. The molecule has 4 fully saturated rings. The van der Waals surface area contributed by atoms with E-state index in [0.717, 1.165) is 0 Å². The summed E-state index contributed by atoms with van der Waals surface area (Å²) in [5.74, 6) is -3.94. The standard InChI is InChI=1S/C29H36O9/c1-13(2)8-20(31)35-12-16-15-9-21(32)38-27(4,5)17(15)10-19(30)29(7)18(16)11-28(6)23-22(29)24(33)14(3)36-25(23)37-26(28)34/h10,13-14,18,22-23,25H,8-9,11-12H2,1-7H3/t14-,18+,22+,23-,25-,28-,29-/m1/s1. The van der Waals surface area contributed by atoms with Crippen LogP contribution in [0.2, 0.25) is 0 Å². The summed E-state index contributed by atoms with van der Waals surface area (Å²) in [6, 6.07) is 0. The summed E-state index contributed by atoms with van der Waals surface area (Å²) in [5, 5.41) is 0. The number of hydrogen-bond acceptors (Lipinski definition) is 9. The minimum atomic E-state index is -1.28. The van der Waals surface area contributed by atoms with Crippen molar-refractivity contribution in [3.8, 4) is 0 Å². The van der Waals surface area contributed by atoms with Crippen LogP contribution >= 0.6 is 0 Å². The van der Waals surface area contributed by atoms with Crippen LogP contribution < -0.4 is 0 Å². The Bertz CT molecular complexity index is 1210. The predicted octanol–water partition coefficient (Wildman–Crippen LogP) is 3.24. The van der Waals surface area contributed by atoms with E-state index in [0.29, 0.717) is 16.7 Å². The van der Waals surface area contributed by atoms with Gasteiger partial charge in [-0.1, -0.05) is 20.8 Å². The highest BCUT2D eigenvalue weighted by Crippen LogP contribution is 2.65. The Labute approximate surface area is 222 Å². The Kier molecular flexibility index (Phi) is 6.06. The zero-order valence-electron chi connectivity index (χ0n) is 23.0. The molecule has 7 atom stereocenters. The normalized spacial score (nSPS) is 39.5. The van der Waals surface area contributed by atoms with E-state index in [1.54, 1.807) is 34.6 Å². The van der Waals surface area contributed by atoms with Crippen LogP contribution in [0.4, 0.5) is 0 Å². The van der Waals surface area contributed by atoms with E-state index in [2.05, 4.69) is 0 Å². The van der Waals surface area contributed by atoms with E-state index in [-0.39, 0.29) is 43.4 Å². The average molecular weight is 529 g/mol. The number of esters is 3. The first-order chi connectivity index (χ1) is 17.6. The number of allylic oxidation sites excluding steroid dienone is 1. The molecule has 0 aromatic heterocycles. The highest BCUT2D eigenvalue weighted by molar-refractivity contribution is 6.04. The van der Waals surface area contributed by atoms with Crippen molar-refractivity contribution in [3.63, 3.8) is 0 Å². The van der Waals surface area contributed by atoms with E-state index in [1.807, 2.05) is 13.8 Å². The summed E-state index contributed by atoms with van der Waals surface area (Å²) >= 11 is 0. The molecule has 3 heterocycles. The molecular weight excluding hydrogens is 492 g/mol. The lowest BCUT2D eigenvalue weighted by molar-refractivity contribution is -0.218. The highest BCUT2D eigenvalue weighted by atomic mass is 16.7. The fourth-order valence-corrected chi connectivity index (χ4v) is 7.40. The number of ether oxygens (including phenoxy) is 4. The molecule has 0 spiro atoms. The predicted molar refractivity (Wildman–Crippen MR) is 132 cm³/mol. The molecule has 206 valence electrons. The van der Waals surface area contributed by atoms with Gasteiger partial charge in [0.1, 0.15) is 18.3 Å². The van der Waals surface area contributed by atoms with Gasteiger partial charge in [0, 0.05) is 29.2 Å². The number of fused-ring (bicyclic) bond motifs is 3. The number of hydrogen-bond donors (Lipinski definition) is 0. The van der Waals surface area contributed by atoms with Gasteiger partial charge < -0.3 is 18.9 Å². The Balaban J connectivity index is 1.72. The molecule has 5 aliphatic rings. The van der Waals surface area contributed by atoms with E-state index < -0.39 is 64.5 Å². The molecule has 3 aliphatic heterocycles. The molecule has 0 N–H and O–H groups in total. The Hall–Kier alpha value is -2.81. The molecule has 0 bridgehead atoms. The van der Waals surface area contributed by atoms with Gasteiger partial charge in [-0.3, -0.25) is 24.0 Å². The molecular formula is C29H36O9. The summed E-state index contributed by atoms with van der Waals surface area (Å²) in [6.45, 7) is 12.2. The second-order valence-corrected chi connectivity index (χ2v) is 12.8. The molecule has 0 unspecified atom stereocenters. The van der Waals surface area contributed by atoms with Crippen molar-refractivity contribution in [1.82, 2.24) is 0 Å². The van der Waals surface area contributed by atoms with E-state index in [9.17, 15) is 24.0 Å². The number of carbonyl (C=O) groups excluding carboxylic acids is 5. The molecule has 9 heteroatoms. The topological polar surface area (TPSA) is 122 Å². The van der Waals surface area contributed by atoms with Gasteiger partial charge in [0.15, 0.2) is 11.6 Å². The summed E-state index contributed by atoms with van der Waals surface area (Å²) in [7, 11) is 0. The first-order valence-electron chi connectivity index (χ1n) is 13.4. The minimum absolute atomic E-state index is 0.0843. The fourth-order valence-electron chi connectivity index (χ4n) is 7.40. The summed E-state index contributed by atoms with van der Waals surface area (Å²) < 4.78 is 22.8. The van der Waals surface area contributed by atoms with Gasteiger partial charge in [0.2, 0.25) is 6.29 Å². The number of ketones is 2. The molecule has 2 aliphatic carbocycles. The van der Waals surface area contributed by atoms with Crippen molar-refractivity contribution in [3.05, 3.63) is 22.8 Å². The first kappa shape index (κ1) is 26.8. The number of carbonyl (C=O) groups is 5. The third kappa shape index (κ3) is 3.72. The Morgan fingerprint density at radius 3 is 2.47 bits per heavy atom. The van der Waals surface area contributed by atoms with Gasteiger partial charge in [-0.05, 0) is 63.2 Å². The maximum atomic E-state index is 14.3. The second-order valence-electron chi connectivity index (χ2n) is 12.8. The quantitative estimate of drug-likeness (QED) is 0.400. The average Bonchev–Trinajstić information content (AvgIpc) is 2.98. The molecule has 0 aromatic carbocycles. The third-order valence-electron chi connectivity index (χ3n) is 9.36. The SMILES string of the molecule is CC(C)CC(=O)OCC1=C2CC(=O)OC(C)(C)C2=CC(=O)[C@]2(C)[C@@H]3C(=O)[C@@H](C)O[C@@H]4OC(=O)[C@](C)(C[C@@H]12)[C@@H]43. The van der Waals surface area contributed by atoms with E-state index in [1.165, 1.54) is 6.08 Å². The van der Waals surface area contributed by atoms with E-state index >= 15 is 0 Å². The number of Topliss-reactive ketones (excluding diaryl/α,β-unsaturated/α-hetero) is 1. The fraction of sp³-hybridized carbons (Fsp3) is 0.690.